The quantitative estimate of drug-likeness (QED) is 0.593. The van der Waals surface area contributed by atoms with E-state index in [1.807, 2.05) is 12.1 Å². The van der Waals surface area contributed by atoms with Crippen LogP contribution in [0.1, 0.15) is 49.0 Å². The highest BCUT2D eigenvalue weighted by Crippen LogP contribution is 2.09. The number of carbonyl (C=O) groups excluding carboxylic acids is 1. The van der Waals surface area contributed by atoms with E-state index in [2.05, 4.69) is 12.2 Å². The van der Waals surface area contributed by atoms with Gasteiger partial charge < -0.3 is 10.4 Å². The van der Waals surface area contributed by atoms with E-state index in [-0.39, 0.29) is 5.70 Å². The maximum absolute atomic E-state index is 11.9. The topological polar surface area (TPSA) is 66.4 Å². The third-order valence-electron chi connectivity index (χ3n) is 3.05. The van der Waals surface area contributed by atoms with Crippen molar-refractivity contribution in [2.75, 3.05) is 0 Å². The number of hydrogen-bond donors (Lipinski definition) is 2. The Bertz CT molecular complexity index is 489. The van der Waals surface area contributed by atoms with Crippen molar-refractivity contribution in [3.63, 3.8) is 0 Å². The number of nitrogens with one attached hydrogen (secondary N) is 1. The third kappa shape index (κ3) is 4.88. The van der Waals surface area contributed by atoms with Crippen molar-refractivity contribution < 1.29 is 14.7 Å². The molecule has 0 aliphatic heterocycles. The molecule has 108 valence electrons. The molecule has 2 N–H and O–H groups in total. The summed E-state index contributed by atoms with van der Waals surface area (Å²) < 4.78 is 0. The lowest BCUT2D eigenvalue weighted by Gasteiger charge is -2.06. The summed E-state index contributed by atoms with van der Waals surface area (Å²) in [5.74, 6) is -1.54. The van der Waals surface area contributed by atoms with Gasteiger partial charge in [0.25, 0.3) is 5.91 Å². The van der Waals surface area contributed by atoms with Gasteiger partial charge >= 0.3 is 5.97 Å². The van der Waals surface area contributed by atoms with Gasteiger partial charge in [0.2, 0.25) is 0 Å². The number of carboxylic acid groups (broad SMARTS) is 1. The average Bonchev–Trinajstić information content (AvgIpc) is 2.45. The molecule has 0 atom stereocenters. The normalized spacial score (nSPS) is 11.2. The van der Waals surface area contributed by atoms with Gasteiger partial charge in [-0.1, -0.05) is 38.0 Å². The van der Waals surface area contributed by atoms with Crippen molar-refractivity contribution in [1.82, 2.24) is 5.32 Å². The van der Waals surface area contributed by atoms with Crippen molar-refractivity contribution in [1.29, 1.82) is 0 Å². The molecule has 0 unspecified atom stereocenters. The van der Waals surface area contributed by atoms with Crippen LogP contribution in [0.25, 0.3) is 0 Å². The van der Waals surface area contributed by atoms with Gasteiger partial charge in [0, 0.05) is 5.56 Å². The Balaban J connectivity index is 2.64. The standard InChI is InChI=1S/C16H21NO3/c1-3-5-6-7-12-8-10-13(11-9-12)15(18)17-14(4-2)16(19)20/h4,8-11H,3,5-7H2,1-2H3,(H,17,18)(H,19,20)/b14-4+. The number of allylic oxidation sites excluding steroid dienone is 1. The fourth-order valence-electron chi connectivity index (χ4n) is 1.85. The van der Waals surface area contributed by atoms with Gasteiger partial charge in [-0.3, -0.25) is 4.79 Å². The van der Waals surface area contributed by atoms with E-state index >= 15 is 0 Å². The summed E-state index contributed by atoms with van der Waals surface area (Å²) in [4.78, 5) is 22.7. The maximum Gasteiger partial charge on any atom is 0.352 e. The van der Waals surface area contributed by atoms with E-state index in [1.54, 1.807) is 19.1 Å². The molecule has 0 aromatic heterocycles. The van der Waals surface area contributed by atoms with Crippen LogP contribution >= 0.6 is 0 Å². The Morgan fingerprint density at radius 2 is 1.85 bits per heavy atom. The van der Waals surface area contributed by atoms with Crippen molar-refractivity contribution in [3.05, 3.63) is 47.2 Å². The number of aryl methyl sites for hydroxylation is 1. The summed E-state index contributed by atoms with van der Waals surface area (Å²) in [5.41, 5.74) is 1.55. The minimum Gasteiger partial charge on any atom is -0.477 e. The van der Waals surface area contributed by atoms with Gasteiger partial charge in [0.1, 0.15) is 5.70 Å². The summed E-state index contributed by atoms with van der Waals surface area (Å²) in [6.07, 6.45) is 5.89. The van der Waals surface area contributed by atoms with Gasteiger partial charge in [-0.25, -0.2) is 4.79 Å². The summed E-state index contributed by atoms with van der Waals surface area (Å²) >= 11 is 0. The SMILES string of the molecule is C/C=C(/NC(=O)c1ccc(CCCCC)cc1)C(=O)O. The van der Waals surface area contributed by atoms with Crippen molar-refractivity contribution in [2.45, 2.75) is 39.5 Å². The molecule has 0 bridgehead atoms. The molecule has 4 nitrogen and oxygen atoms in total. The molecule has 0 radical (unpaired) electrons. The number of carboxylic acids is 1. The smallest absolute Gasteiger partial charge is 0.352 e. The molecule has 1 amide bonds. The highest BCUT2D eigenvalue weighted by atomic mass is 16.4. The van der Waals surface area contributed by atoms with Crippen molar-refractivity contribution in [3.8, 4) is 0 Å². The van der Waals surface area contributed by atoms with Crippen LogP contribution in [-0.2, 0) is 11.2 Å². The van der Waals surface area contributed by atoms with Gasteiger partial charge in [0.15, 0.2) is 0 Å². The Morgan fingerprint density at radius 3 is 2.35 bits per heavy atom. The zero-order valence-corrected chi connectivity index (χ0v) is 12.0. The number of hydrogen-bond acceptors (Lipinski definition) is 2. The number of carbonyl (C=O) groups is 2. The molecule has 1 aromatic rings. The second-order valence-corrected chi connectivity index (χ2v) is 4.62. The van der Waals surface area contributed by atoms with Crippen LogP contribution in [0.5, 0.6) is 0 Å². The molecule has 0 saturated carbocycles. The lowest BCUT2D eigenvalue weighted by Crippen LogP contribution is -2.27. The molecule has 1 aromatic carbocycles. The first kappa shape index (κ1) is 16.0. The molecule has 0 saturated heterocycles. The predicted octanol–water partition coefficient (Wildman–Crippen LogP) is 3.14. The van der Waals surface area contributed by atoms with E-state index in [4.69, 9.17) is 5.11 Å². The molecule has 0 aliphatic rings. The molecule has 1 rings (SSSR count). The zero-order chi connectivity index (χ0) is 15.0. The number of benzene rings is 1. The maximum atomic E-state index is 11.9. The fraction of sp³-hybridized carbons (Fsp3) is 0.375. The number of amides is 1. The summed E-state index contributed by atoms with van der Waals surface area (Å²) in [6.45, 7) is 3.73. The molecule has 0 spiro atoms. The van der Waals surface area contributed by atoms with Crippen LogP contribution in [0, 0.1) is 0 Å². The minimum atomic E-state index is -1.14. The minimum absolute atomic E-state index is 0.109. The molecule has 20 heavy (non-hydrogen) atoms. The first-order valence-electron chi connectivity index (χ1n) is 6.88. The zero-order valence-electron chi connectivity index (χ0n) is 12.0. The summed E-state index contributed by atoms with van der Waals surface area (Å²) in [5, 5.41) is 11.2. The third-order valence-corrected chi connectivity index (χ3v) is 3.05. The predicted molar refractivity (Wildman–Crippen MR) is 78.5 cm³/mol. The van der Waals surface area contributed by atoms with E-state index < -0.39 is 11.9 Å². The van der Waals surface area contributed by atoms with Gasteiger partial charge in [0.05, 0.1) is 0 Å². The largest absolute Gasteiger partial charge is 0.477 e. The Kier molecular flexibility index (Phi) is 6.50. The molecular formula is C16H21NO3. The van der Waals surface area contributed by atoms with Crippen LogP contribution in [0.3, 0.4) is 0 Å². The van der Waals surface area contributed by atoms with E-state index in [1.165, 1.54) is 24.5 Å². The van der Waals surface area contributed by atoms with Crippen LogP contribution in [0.4, 0.5) is 0 Å². The van der Waals surface area contributed by atoms with Crippen molar-refractivity contribution in [2.24, 2.45) is 0 Å². The van der Waals surface area contributed by atoms with E-state index in [9.17, 15) is 9.59 Å². The first-order chi connectivity index (χ1) is 9.58. The van der Waals surface area contributed by atoms with Crippen LogP contribution in [0.2, 0.25) is 0 Å². The van der Waals surface area contributed by atoms with E-state index in [0.717, 1.165) is 12.8 Å². The van der Waals surface area contributed by atoms with Crippen LogP contribution in [0.15, 0.2) is 36.0 Å². The molecular weight excluding hydrogens is 254 g/mol. The highest BCUT2D eigenvalue weighted by molar-refractivity contribution is 6.00. The second kappa shape index (κ2) is 8.15. The fourth-order valence-corrected chi connectivity index (χ4v) is 1.85. The van der Waals surface area contributed by atoms with Gasteiger partial charge in [-0.2, -0.15) is 0 Å². The highest BCUT2D eigenvalue weighted by Gasteiger charge is 2.11. The van der Waals surface area contributed by atoms with Crippen molar-refractivity contribution >= 4 is 11.9 Å². The number of rotatable bonds is 7. The monoisotopic (exact) mass is 275 g/mol. The van der Waals surface area contributed by atoms with Gasteiger partial charge in [-0.05, 0) is 37.5 Å². The average molecular weight is 275 g/mol. The summed E-state index contributed by atoms with van der Waals surface area (Å²) in [6, 6.07) is 7.29. The Hall–Kier alpha value is -2.10. The molecule has 0 fully saturated rings. The first-order valence-corrected chi connectivity index (χ1v) is 6.88. The summed E-state index contributed by atoms with van der Waals surface area (Å²) in [7, 11) is 0. The molecule has 4 heteroatoms. The number of aliphatic carboxylic acids is 1. The second-order valence-electron chi connectivity index (χ2n) is 4.62. The Morgan fingerprint density at radius 1 is 1.20 bits per heavy atom. The van der Waals surface area contributed by atoms with Gasteiger partial charge in [-0.15, -0.1) is 0 Å². The lowest BCUT2D eigenvalue weighted by molar-refractivity contribution is -0.133. The molecule has 0 heterocycles. The van der Waals surface area contributed by atoms with Crippen LogP contribution in [-0.4, -0.2) is 17.0 Å². The Labute approximate surface area is 119 Å². The number of unbranched alkanes of at least 4 members (excludes halogenated alkanes) is 2. The van der Waals surface area contributed by atoms with Crippen LogP contribution < -0.4 is 5.32 Å². The molecule has 0 aliphatic carbocycles. The van der Waals surface area contributed by atoms with E-state index in [0.29, 0.717) is 5.56 Å². The lowest BCUT2D eigenvalue weighted by atomic mass is 10.1.